The van der Waals surface area contributed by atoms with Crippen molar-refractivity contribution in [3.05, 3.63) is 35.9 Å². The first-order chi connectivity index (χ1) is 8.17. The van der Waals surface area contributed by atoms with Crippen LogP contribution >= 0.6 is 0 Å². The summed E-state index contributed by atoms with van der Waals surface area (Å²) in [6, 6.07) is 10.9. The van der Waals surface area contributed by atoms with Gasteiger partial charge < -0.3 is 5.73 Å². The van der Waals surface area contributed by atoms with Gasteiger partial charge in [0.1, 0.15) is 0 Å². The van der Waals surface area contributed by atoms with Gasteiger partial charge in [0.2, 0.25) is 0 Å². The summed E-state index contributed by atoms with van der Waals surface area (Å²) in [6.45, 7) is 9.69. The average molecular weight is 234 g/mol. The van der Waals surface area contributed by atoms with Crippen molar-refractivity contribution >= 4 is 0 Å². The first-order valence-electron chi connectivity index (χ1n) is 6.69. The monoisotopic (exact) mass is 234 g/mol. The third kappa shape index (κ3) is 4.88. The van der Waals surface area contributed by atoms with Gasteiger partial charge in [-0.2, -0.15) is 0 Å². The molecular formula is C15H26N2. The molecule has 17 heavy (non-hydrogen) atoms. The van der Waals surface area contributed by atoms with E-state index in [-0.39, 0.29) is 6.04 Å². The lowest BCUT2D eigenvalue weighted by Gasteiger charge is -2.27. The van der Waals surface area contributed by atoms with Crippen LogP contribution in [0.25, 0.3) is 0 Å². The Bertz CT molecular complexity index is 297. The van der Waals surface area contributed by atoms with E-state index in [0.717, 1.165) is 26.1 Å². The summed E-state index contributed by atoms with van der Waals surface area (Å²) in [4.78, 5) is 2.42. The molecular weight excluding hydrogens is 208 g/mol. The molecule has 2 heteroatoms. The molecule has 0 bridgehead atoms. The Balaban J connectivity index is 2.49. The minimum absolute atomic E-state index is 0.281. The fourth-order valence-electron chi connectivity index (χ4n) is 1.93. The van der Waals surface area contributed by atoms with Crippen molar-refractivity contribution in [2.75, 3.05) is 13.1 Å². The molecule has 0 aliphatic carbocycles. The number of benzene rings is 1. The fourth-order valence-corrected chi connectivity index (χ4v) is 1.93. The quantitative estimate of drug-likeness (QED) is 0.786. The molecule has 0 heterocycles. The van der Waals surface area contributed by atoms with E-state index in [4.69, 9.17) is 5.73 Å². The van der Waals surface area contributed by atoms with Crippen LogP contribution < -0.4 is 5.73 Å². The second-order valence-corrected chi connectivity index (χ2v) is 4.86. The molecule has 96 valence electrons. The first-order valence-corrected chi connectivity index (χ1v) is 6.69. The Morgan fingerprint density at radius 2 is 1.82 bits per heavy atom. The van der Waals surface area contributed by atoms with Gasteiger partial charge in [-0.1, -0.05) is 57.5 Å². The summed E-state index contributed by atoms with van der Waals surface area (Å²) < 4.78 is 0. The molecule has 2 atom stereocenters. The molecule has 2 N–H and O–H groups in total. The molecule has 2 nitrogen and oxygen atoms in total. The largest absolute Gasteiger partial charge is 0.326 e. The predicted octanol–water partition coefficient (Wildman–Crippen LogP) is 2.88. The van der Waals surface area contributed by atoms with Gasteiger partial charge in [0.15, 0.2) is 0 Å². The van der Waals surface area contributed by atoms with Crippen molar-refractivity contribution in [1.29, 1.82) is 0 Å². The summed E-state index contributed by atoms with van der Waals surface area (Å²) in [6.07, 6.45) is 1.16. The SMILES string of the molecule is CCC(C)C(N)CN(CC)Cc1ccccc1. The summed E-state index contributed by atoms with van der Waals surface area (Å²) >= 11 is 0. The van der Waals surface area contributed by atoms with Gasteiger partial charge >= 0.3 is 0 Å². The van der Waals surface area contributed by atoms with Gasteiger partial charge in [0, 0.05) is 19.1 Å². The van der Waals surface area contributed by atoms with Crippen LogP contribution in [0, 0.1) is 5.92 Å². The number of rotatable bonds is 7. The van der Waals surface area contributed by atoms with E-state index >= 15 is 0 Å². The van der Waals surface area contributed by atoms with Crippen molar-refractivity contribution in [3.63, 3.8) is 0 Å². The maximum Gasteiger partial charge on any atom is 0.0234 e. The highest BCUT2D eigenvalue weighted by atomic mass is 15.1. The predicted molar refractivity (Wildman–Crippen MR) is 74.8 cm³/mol. The maximum atomic E-state index is 6.22. The molecule has 0 saturated heterocycles. The van der Waals surface area contributed by atoms with Gasteiger partial charge in [-0.05, 0) is 18.0 Å². The van der Waals surface area contributed by atoms with Crippen LogP contribution in [-0.4, -0.2) is 24.0 Å². The van der Waals surface area contributed by atoms with Crippen LogP contribution in [0.4, 0.5) is 0 Å². The van der Waals surface area contributed by atoms with Crippen LogP contribution in [0.15, 0.2) is 30.3 Å². The molecule has 0 aliphatic heterocycles. The second-order valence-electron chi connectivity index (χ2n) is 4.86. The number of hydrogen-bond donors (Lipinski definition) is 1. The van der Waals surface area contributed by atoms with Crippen LogP contribution in [0.2, 0.25) is 0 Å². The maximum absolute atomic E-state index is 6.22. The van der Waals surface area contributed by atoms with Gasteiger partial charge in [0.25, 0.3) is 0 Å². The Morgan fingerprint density at radius 1 is 1.18 bits per heavy atom. The van der Waals surface area contributed by atoms with Gasteiger partial charge in [0.05, 0.1) is 0 Å². The van der Waals surface area contributed by atoms with Crippen LogP contribution in [0.3, 0.4) is 0 Å². The normalized spacial score (nSPS) is 14.9. The number of hydrogen-bond acceptors (Lipinski definition) is 2. The lowest BCUT2D eigenvalue weighted by molar-refractivity contribution is 0.234. The van der Waals surface area contributed by atoms with Crippen molar-refractivity contribution in [3.8, 4) is 0 Å². The second kappa shape index (κ2) is 7.46. The Morgan fingerprint density at radius 3 is 2.35 bits per heavy atom. The third-order valence-corrected chi connectivity index (χ3v) is 3.54. The number of nitrogens with two attached hydrogens (primary N) is 1. The zero-order valence-electron chi connectivity index (χ0n) is 11.4. The molecule has 0 fully saturated rings. The molecule has 0 radical (unpaired) electrons. The van der Waals surface area contributed by atoms with Crippen molar-refractivity contribution < 1.29 is 0 Å². The van der Waals surface area contributed by atoms with Gasteiger partial charge in [-0.25, -0.2) is 0 Å². The number of nitrogens with zero attached hydrogens (tertiary/aromatic N) is 1. The lowest BCUT2D eigenvalue weighted by atomic mass is 9.99. The van der Waals surface area contributed by atoms with E-state index in [0.29, 0.717) is 5.92 Å². The summed E-state index contributed by atoms with van der Waals surface area (Å²) in [5.41, 5.74) is 7.58. The lowest BCUT2D eigenvalue weighted by Crippen LogP contribution is -2.41. The Hall–Kier alpha value is -0.860. The molecule has 0 saturated carbocycles. The molecule has 0 spiro atoms. The molecule has 1 aromatic carbocycles. The van der Waals surface area contributed by atoms with E-state index < -0.39 is 0 Å². The topological polar surface area (TPSA) is 29.3 Å². The molecule has 1 rings (SSSR count). The fraction of sp³-hybridized carbons (Fsp3) is 0.600. The van der Waals surface area contributed by atoms with Crippen LogP contribution in [0.1, 0.15) is 32.8 Å². The van der Waals surface area contributed by atoms with Gasteiger partial charge in [-0.3, -0.25) is 4.90 Å². The zero-order valence-corrected chi connectivity index (χ0v) is 11.4. The van der Waals surface area contributed by atoms with Crippen LogP contribution in [-0.2, 0) is 6.54 Å². The Kier molecular flexibility index (Phi) is 6.23. The van der Waals surface area contributed by atoms with E-state index in [2.05, 4.69) is 56.0 Å². The first kappa shape index (κ1) is 14.2. The molecule has 0 amide bonds. The smallest absolute Gasteiger partial charge is 0.0234 e. The third-order valence-electron chi connectivity index (χ3n) is 3.54. The van der Waals surface area contributed by atoms with E-state index in [1.165, 1.54) is 5.56 Å². The van der Waals surface area contributed by atoms with Crippen molar-refractivity contribution in [2.24, 2.45) is 11.7 Å². The minimum atomic E-state index is 0.281. The van der Waals surface area contributed by atoms with E-state index in [1.807, 2.05) is 0 Å². The molecule has 0 aliphatic rings. The summed E-state index contributed by atoms with van der Waals surface area (Å²) in [5.74, 6) is 0.597. The van der Waals surface area contributed by atoms with E-state index in [1.54, 1.807) is 0 Å². The zero-order chi connectivity index (χ0) is 12.7. The molecule has 2 unspecified atom stereocenters. The van der Waals surface area contributed by atoms with Crippen molar-refractivity contribution in [1.82, 2.24) is 4.90 Å². The summed E-state index contributed by atoms with van der Waals surface area (Å²) in [7, 11) is 0. The average Bonchev–Trinajstić information content (AvgIpc) is 2.38. The molecule has 1 aromatic rings. The highest BCUT2D eigenvalue weighted by Crippen LogP contribution is 2.09. The van der Waals surface area contributed by atoms with E-state index in [9.17, 15) is 0 Å². The Labute approximate surface area is 106 Å². The highest BCUT2D eigenvalue weighted by molar-refractivity contribution is 5.14. The molecule has 0 aromatic heterocycles. The highest BCUT2D eigenvalue weighted by Gasteiger charge is 2.14. The number of likely N-dealkylation sites (N-methyl/N-ethyl adjacent to an activating group) is 1. The standard InChI is InChI=1S/C15H26N2/c1-4-13(3)15(16)12-17(5-2)11-14-9-7-6-8-10-14/h6-10,13,15H,4-5,11-12,16H2,1-3H3. The summed E-state index contributed by atoms with van der Waals surface area (Å²) in [5, 5.41) is 0. The van der Waals surface area contributed by atoms with Crippen LogP contribution in [0.5, 0.6) is 0 Å². The minimum Gasteiger partial charge on any atom is -0.326 e. The van der Waals surface area contributed by atoms with Gasteiger partial charge in [-0.15, -0.1) is 0 Å². The van der Waals surface area contributed by atoms with Crippen molar-refractivity contribution in [2.45, 2.75) is 39.8 Å².